The fourth-order valence-corrected chi connectivity index (χ4v) is 2.99. The van der Waals surface area contributed by atoms with Crippen molar-refractivity contribution in [3.8, 4) is 0 Å². The number of nitrogens with one attached hydrogen (secondary N) is 2. The summed E-state index contributed by atoms with van der Waals surface area (Å²) in [5, 5.41) is 7.32. The third kappa shape index (κ3) is 2.69. The van der Waals surface area contributed by atoms with Crippen molar-refractivity contribution in [1.29, 1.82) is 0 Å². The summed E-state index contributed by atoms with van der Waals surface area (Å²) < 4.78 is 1.04. The molecule has 0 saturated carbocycles. The van der Waals surface area contributed by atoms with Crippen LogP contribution >= 0.6 is 15.9 Å². The predicted octanol–water partition coefficient (Wildman–Crippen LogP) is 2.37. The molecule has 1 unspecified atom stereocenters. The molecule has 2 aromatic rings. The molecule has 0 bridgehead atoms. The van der Waals surface area contributed by atoms with Gasteiger partial charge in [0, 0.05) is 29.1 Å². The first-order valence-corrected chi connectivity index (χ1v) is 7.58. The maximum atomic E-state index is 11.7. The Labute approximate surface area is 126 Å². The first kappa shape index (κ1) is 13.5. The van der Waals surface area contributed by atoms with Crippen molar-refractivity contribution in [2.24, 2.45) is 0 Å². The number of carbonyl (C=O) groups is 1. The first-order chi connectivity index (χ1) is 9.75. The molecule has 0 spiro atoms. The van der Waals surface area contributed by atoms with Crippen LogP contribution in [0.2, 0.25) is 0 Å². The molecule has 3 rings (SSSR count). The number of fused-ring (bicyclic) bond motifs is 1. The average molecular weight is 334 g/mol. The van der Waals surface area contributed by atoms with Crippen molar-refractivity contribution >= 4 is 32.7 Å². The summed E-state index contributed by atoms with van der Waals surface area (Å²) in [7, 11) is 0. The molecular formula is C15H16BrN3O. The van der Waals surface area contributed by atoms with Crippen LogP contribution in [0.1, 0.15) is 18.4 Å². The van der Waals surface area contributed by atoms with Crippen LogP contribution in [-0.4, -0.2) is 23.5 Å². The zero-order valence-corrected chi connectivity index (χ0v) is 12.6. The SMILES string of the molecule is O=C1NCCCC1NCc1ccc(Br)c2cccnc12. The van der Waals surface area contributed by atoms with E-state index in [1.54, 1.807) is 6.20 Å². The molecule has 0 radical (unpaired) electrons. The molecule has 4 nitrogen and oxygen atoms in total. The Morgan fingerprint density at radius 1 is 1.40 bits per heavy atom. The highest BCUT2D eigenvalue weighted by atomic mass is 79.9. The van der Waals surface area contributed by atoms with Crippen LogP contribution in [0.15, 0.2) is 34.9 Å². The normalized spacial score (nSPS) is 19.1. The van der Waals surface area contributed by atoms with Crippen LogP contribution < -0.4 is 10.6 Å². The minimum Gasteiger partial charge on any atom is -0.355 e. The Morgan fingerprint density at radius 2 is 2.30 bits per heavy atom. The van der Waals surface area contributed by atoms with Gasteiger partial charge in [-0.25, -0.2) is 0 Å². The number of hydrogen-bond donors (Lipinski definition) is 2. The Hall–Kier alpha value is -1.46. The first-order valence-electron chi connectivity index (χ1n) is 6.79. The zero-order chi connectivity index (χ0) is 13.9. The fraction of sp³-hybridized carbons (Fsp3) is 0.333. The quantitative estimate of drug-likeness (QED) is 0.906. The standard InChI is InChI=1S/C15H16BrN3O/c16-12-6-5-10(14-11(12)3-1-7-17-14)9-19-13-4-2-8-18-15(13)20/h1,3,5-7,13,19H,2,4,8-9H2,(H,18,20). The Kier molecular flexibility index (Phi) is 3.98. The Bertz CT molecular complexity index is 644. The van der Waals surface area contributed by atoms with Gasteiger partial charge in [0.15, 0.2) is 0 Å². The van der Waals surface area contributed by atoms with Gasteiger partial charge in [0.2, 0.25) is 5.91 Å². The minimum absolute atomic E-state index is 0.0915. The molecule has 2 N–H and O–H groups in total. The lowest BCUT2D eigenvalue weighted by molar-refractivity contribution is -0.124. The van der Waals surface area contributed by atoms with E-state index in [0.717, 1.165) is 40.3 Å². The van der Waals surface area contributed by atoms with Crippen molar-refractivity contribution in [2.75, 3.05) is 6.54 Å². The monoisotopic (exact) mass is 333 g/mol. The van der Waals surface area contributed by atoms with E-state index >= 15 is 0 Å². The van der Waals surface area contributed by atoms with E-state index in [2.05, 4.69) is 31.5 Å². The van der Waals surface area contributed by atoms with E-state index in [9.17, 15) is 4.79 Å². The van der Waals surface area contributed by atoms with Crippen LogP contribution in [-0.2, 0) is 11.3 Å². The largest absolute Gasteiger partial charge is 0.355 e. The lowest BCUT2D eigenvalue weighted by Gasteiger charge is -2.23. The lowest BCUT2D eigenvalue weighted by Crippen LogP contribution is -2.47. The van der Waals surface area contributed by atoms with Gasteiger partial charge in [-0.1, -0.05) is 28.1 Å². The van der Waals surface area contributed by atoms with Gasteiger partial charge >= 0.3 is 0 Å². The second-order valence-corrected chi connectivity index (χ2v) is 5.83. The van der Waals surface area contributed by atoms with Crippen LogP contribution in [0.5, 0.6) is 0 Å². The number of halogens is 1. The minimum atomic E-state index is -0.0915. The maximum absolute atomic E-state index is 11.7. The van der Waals surface area contributed by atoms with E-state index in [-0.39, 0.29) is 11.9 Å². The molecular weight excluding hydrogens is 318 g/mol. The Balaban J connectivity index is 1.81. The highest BCUT2D eigenvalue weighted by molar-refractivity contribution is 9.10. The molecule has 5 heteroatoms. The molecule has 0 aliphatic carbocycles. The van der Waals surface area contributed by atoms with Crippen LogP contribution in [0.4, 0.5) is 0 Å². The highest BCUT2D eigenvalue weighted by Crippen LogP contribution is 2.25. The number of hydrogen-bond acceptors (Lipinski definition) is 3. The van der Waals surface area contributed by atoms with E-state index in [0.29, 0.717) is 6.54 Å². The molecule has 104 valence electrons. The number of piperidine rings is 1. The molecule has 20 heavy (non-hydrogen) atoms. The van der Waals surface area contributed by atoms with Gasteiger partial charge in [-0.15, -0.1) is 0 Å². The topological polar surface area (TPSA) is 54.0 Å². The Morgan fingerprint density at radius 3 is 3.15 bits per heavy atom. The summed E-state index contributed by atoms with van der Waals surface area (Å²) in [4.78, 5) is 16.2. The van der Waals surface area contributed by atoms with Gasteiger partial charge in [0.1, 0.15) is 0 Å². The van der Waals surface area contributed by atoms with Crippen LogP contribution in [0.3, 0.4) is 0 Å². The number of pyridine rings is 1. The smallest absolute Gasteiger partial charge is 0.237 e. The molecule has 1 saturated heterocycles. The summed E-state index contributed by atoms with van der Waals surface area (Å²) in [6.07, 6.45) is 3.72. The number of carbonyl (C=O) groups excluding carboxylic acids is 1. The number of rotatable bonds is 3. The summed E-state index contributed by atoms with van der Waals surface area (Å²) in [6, 6.07) is 7.96. The second-order valence-electron chi connectivity index (χ2n) is 4.97. The summed E-state index contributed by atoms with van der Waals surface area (Å²) in [5.74, 6) is 0.102. The van der Waals surface area contributed by atoms with Crippen molar-refractivity contribution < 1.29 is 4.79 Å². The third-order valence-corrected chi connectivity index (χ3v) is 4.32. The lowest BCUT2D eigenvalue weighted by atomic mass is 10.1. The van der Waals surface area contributed by atoms with E-state index in [4.69, 9.17) is 0 Å². The summed E-state index contributed by atoms with van der Waals surface area (Å²) in [6.45, 7) is 1.44. The molecule has 1 aliphatic heterocycles. The molecule has 1 amide bonds. The van der Waals surface area contributed by atoms with Gasteiger partial charge in [-0.3, -0.25) is 9.78 Å². The van der Waals surface area contributed by atoms with Gasteiger partial charge in [0.25, 0.3) is 0 Å². The van der Waals surface area contributed by atoms with Crippen molar-refractivity contribution in [3.05, 3.63) is 40.5 Å². The van der Waals surface area contributed by atoms with E-state index in [1.165, 1.54) is 0 Å². The van der Waals surface area contributed by atoms with Crippen LogP contribution in [0, 0.1) is 0 Å². The molecule has 1 fully saturated rings. The molecule has 1 atom stereocenters. The van der Waals surface area contributed by atoms with Gasteiger partial charge in [-0.2, -0.15) is 0 Å². The van der Waals surface area contributed by atoms with Gasteiger partial charge in [-0.05, 0) is 30.5 Å². The third-order valence-electron chi connectivity index (χ3n) is 3.62. The van der Waals surface area contributed by atoms with Crippen molar-refractivity contribution in [2.45, 2.75) is 25.4 Å². The maximum Gasteiger partial charge on any atom is 0.237 e. The zero-order valence-electron chi connectivity index (χ0n) is 11.0. The highest BCUT2D eigenvalue weighted by Gasteiger charge is 2.21. The fourth-order valence-electron chi connectivity index (χ4n) is 2.54. The average Bonchev–Trinajstić information content (AvgIpc) is 2.48. The number of amides is 1. The van der Waals surface area contributed by atoms with E-state index < -0.39 is 0 Å². The molecule has 1 aromatic carbocycles. The number of nitrogens with zero attached hydrogens (tertiary/aromatic N) is 1. The van der Waals surface area contributed by atoms with Crippen LogP contribution in [0.25, 0.3) is 10.9 Å². The van der Waals surface area contributed by atoms with Gasteiger partial charge in [0.05, 0.1) is 11.6 Å². The van der Waals surface area contributed by atoms with Gasteiger partial charge < -0.3 is 10.6 Å². The summed E-state index contributed by atoms with van der Waals surface area (Å²) >= 11 is 3.54. The number of benzene rings is 1. The molecule has 1 aromatic heterocycles. The van der Waals surface area contributed by atoms with Crippen molar-refractivity contribution in [1.82, 2.24) is 15.6 Å². The predicted molar refractivity (Wildman–Crippen MR) is 82.3 cm³/mol. The molecule has 2 heterocycles. The second kappa shape index (κ2) is 5.89. The van der Waals surface area contributed by atoms with E-state index in [1.807, 2.05) is 24.3 Å². The summed E-state index contributed by atoms with van der Waals surface area (Å²) in [5.41, 5.74) is 2.09. The molecule has 1 aliphatic rings. The number of aromatic nitrogens is 1. The van der Waals surface area contributed by atoms with Crippen molar-refractivity contribution in [3.63, 3.8) is 0 Å².